The first-order chi connectivity index (χ1) is 11.5. The van der Waals surface area contributed by atoms with E-state index in [9.17, 15) is 4.79 Å². The van der Waals surface area contributed by atoms with Crippen molar-refractivity contribution in [3.63, 3.8) is 0 Å². The van der Waals surface area contributed by atoms with E-state index in [1.807, 2.05) is 50.2 Å². The molecule has 0 radical (unpaired) electrons. The third-order valence-corrected chi connectivity index (χ3v) is 4.90. The maximum Gasteiger partial charge on any atom is 0.237 e. The minimum atomic E-state index is -0.320. The largest absolute Gasteiger partial charge is 0.324 e. The SMILES string of the molecule is Cc1nc(S[C@H](C)C(=O)Nc2ccccc2Cl)c2ccccc2n1. The van der Waals surface area contributed by atoms with Crippen molar-refractivity contribution in [3.8, 4) is 0 Å². The molecule has 2 aromatic carbocycles. The second kappa shape index (κ2) is 7.20. The van der Waals surface area contributed by atoms with E-state index in [0.29, 0.717) is 16.5 Å². The molecule has 0 fully saturated rings. The zero-order valence-electron chi connectivity index (χ0n) is 13.3. The first-order valence-corrected chi connectivity index (χ1v) is 8.76. The van der Waals surface area contributed by atoms with Gasteiger partial charge in [-0.05, 0) is 32.0 Å². The Morgan fingerprint density at radius 1 is 1.12 bits per heavy atom. The van der Waals surface area contributed by atoms with Crippen molar-refractivity contribution in [1.82, 2.24) is 9.97 Å². The summed E-state index contributed by atoms with van der Waals surface area (Å²) in [6, 6.07) is 15.0. The highest BCUT2D eigenvalue weighted by Crippen LogP contribution is 2.29. The molecule has 0 bridgehead atoms. The molecule has 122 valence electrons. The second-order valence-corrected chi connectivity index (χ2v) is 7.06. The third kappa shape index (κ3) is 3.68. The molecule has 0 spiro atoms. The number of nitrogens with zero attached hydrogens (tertiary/aromatic N) is 2. The third-order valence-electron chi connectivity index (χ3n) is 3.47. The molecule has 0 unspecified atom stereocenters. The van der Waals surface area contributed by atoms with Crippen molar-refractivity contribution in [2.75, 3.05) is 5.32 Å². The van der Waals surface area contributed by atoms with E-state index in [0.717, 1.165) is 15.9 Å². The van der Waals surface area contributed by atoms with Crippen LogP contribution in [-0.2, 0) is 4.79 Å². The molecule has 6 heteroatoms. The summed E-state index contributed by atoms with van der Waals surface area (Å²) in [5, 5.41) is 4.81. The molecule has 0 aliphatic rings. The average molecular weight is 358 g/mol. The smallest absolute Gasteiger partial charge is 0.237 e. The lowest BCUT2D eigenvalue weighted by atomic mass is 10.2. The number of benzene rings is 2. The second-order valence-electron chi connectivity index (χ2n) is 5.32. The summed E-state index contributed by atoms with van der Waals surface area (Å²) in [4.78, 5) is 21.4. The van der Waals surface area contributed by atoms with Gasteiger partial charge in [0.05, 0.1) is 21.5 Å². The molecular formula is C18H16ClN3OS. The predicted octanol–water partition coefficient (Wildman–Crippen LogP) is 4.71. The lowest BCUT2D eigenvalue weighted by Gasteiger charge is -2.14. The van der Waals surface area contributed by atoms with Crippen molar-refractivity contribution >= 4 is 45.9 Å². The number of thioether (sulfide) groups is 1. The van der Waals surface area contributed by atoms with Gasteiger partial charge in [-0.15, -0.1) is 0 Å². The highest BCUT2D eigenvalue weighted by Gasteiger charge is 2.18. The molecule has 1 atom stereocenters. The summed E-state index contributed by atoms with van der Waals surface area (Å²) < 4.78 is 0. The van der Waals surface area contributed by atoms with Gasteiger partial charge in [-0.1, -0.05) is 53.7 Å². The average Bonchev–Trinajstić information content (AvgIpc) is 2.56. The van der Waals surface area contributed by atoms with Gasteiger partial charge in [-0.3, -0.25) is 4.79 Å². The normalized spacial score (nSPS) is 12.1. The number of carbonyl (C=O) groups is 1. The van der Waals surface area contributed by atoms with E-state index in [1.165, 1.54) is 11.8 Å². The van der Waals surface area contributed by atoms with Crippen LogP contribution in [0.2, 0.25) is 5.02 Å². The number of hydrogen-bond acceptors (Lipinski definition) is 4. The number of anilines is 1. The van der Waals surface area contributed by atoms with Gasteiger partial charge in [-0.25, -0.2) is 9.97 Å². The van der Waals surface area contributed by atoms with Crippen LogP contribution in [0.4, 0.5) is 5.69 Å². The fourth-order valence-electron chi connectivity index (χ4n) is 2.27. The van der Waals surface area contributed by atoms with Gasteiger partial charge in [0.1, 0.15) is 10.9 Å². The van der Waals surface area contributed by atoms with Crippen LogP contribution in [0.5, 0.6) is 0 Å². The predicted molar refractivity (Wildman–Crippen MR) is 99.7 cm³/mol. The number of carbonyl (C=O) groups excluding carboxylic acids is 1. The molecule has 24 heavy (non-hydrogen) atoms. The van der Waals surface area contributed by atoms with Crippen molar-refractivity contribution in [3.05, 3.63) is 59.4 Å². The molecule has 0 saturated carbocycles. The molecule has 1 amide bonds. The van der Waals surface area contributed by atoms with Gasteiger partial charge < -0.3 is 5.32 Å². The van der Waals surface area contributed by atoms with Gasteiger partial charge in [0.25, 0.3) is 0 Å². The van der Waals surface area contributed by atoms with Crippen molar-refractivity contribution in [2.45, 2.75) is 24.1 Å². The summed E-state index contributed by atoms with van der Waals surface area (Å²) in [6.07, 6.45) is 0. The quantitative estimate of drug-likeness (QED) is 0.542. The number of hydrogen-bond donors (Lipinski definition) is 1. The van der Waals surface area contributed by atoms with Crippen LogP contribution in [0.3, 0.4) is 0 Å². The summed E-state index contributed by atoms with van der Waals surface area (Å²) >= 11 is 7.50. The molecule has 1 heterocycles. The fraction of sp³-hybridized carbons (Fsp3) is 0.167. The highest BCUT2D eigenvalue weighted by molar-refractivity contribution is 8.00. The Balaban J connectivity index is 1.81. The van der Waals surface area contributed by atoms with Crippen molar-refractivity contribution < 1.29 is 4.79 Å². The van der Waals surface area contributed by atoms with Crippen LogP contribution in [0, 0.1) is 6.92 Å². The van der Waals surface area contributed by atoms with Gasteiger partial charge in [0, 0.05) is 5.39 Å². The lowest BCUT2D eigenvalue weighted by Crippen LogP contribution is -2.22. The Bertz CT molecular complexity index is 900. The van der Waals surface area contributed by atoms with Crippen LogP contribution in [-0.4, -0.2) is 21.1 Å². The number of aryl methyl sites for hydroxylation is 1. The molecule has 0 aliphatic carbocycles. The summed E-state index contributed by atoms with van der Waals surface area (Å²) in [7, 11) is 0. The number of para-hydroxylation sites is 2. The fourth-order valence-corrected chi connectivity index (χ4v) is 3.43. The van der Waals surface area contributed by atoms with E-state index < -0.39 is 0 Å². The number of fused-ring (bicyclic) bond motifs is 1. The topological polar surface area (TPSA) is 54.9 Å². The number of halogens is 1. The molecule has 0 aliphatic heterocycles. The molecule has 1 N–H and O–H groups in total. The van der Waals surface area contributed by atoms with Crippen molar-refractivity contribution in [2.24, 2.45) is 0 Å². The number of nitrogens with one attached hydrogen (secondary N) is 1. The molecule has 3 aromatic rings. The maximum atomic E-state index is 12.5. The lowest BCUT2D eigenvalue weighted by molar-refractivity contribution is -0.115. The van der Waals surface area contributed by atoms with Crippen LogP contribution in [0.1, 0.15) is 12.7 Å². The van der Waals surface area contributed by atoms with Gasteiger partial charge >= 0.3 is 0 Å². The molecule has 1 aromatic heterocycles. The Labute approximate surface area is 149 Å². The summed E-state index contributed by atoms with van der Waals surface area (Å²) in [6.45, 7) is 3.70. The molecular weight excluding hydrogens is 342 g/mol. The van der Waals surface area contributed by atoms with E-state index in [1.54, 1.807) is 12.1 Å². The van der Waals surface area contributed by atoms with E-state index in [-0.39, 0.29) is 11.2 Å². The standard InChI is InChI=1S/C18H16ClN3OS/c1-11(17(23)22-16-10-6-4-8-14(16)19)24-18-13-7-3-5-9-15(13)20-12(2)21-18/h3-11H,1-2H3,(H,22,23)/t11-/m1/s1. The maximum absolute atomic E-state index is 12.5. The van der Waals surface area contributed by atoms with Gasteiger partial charge in [-0.2, -0.15) is 0 Å². The minimum Gasteiger partial charge on any atom is -0.324 e. The first-order valence-electron chi connectivity index (χ1n) is 7.50. The van der Waals surface area contributed by atoms with Crippen LogP contribution >= 0.6 is 23.4 Å². The van der Waals surface area contributed by atoms with Crippen LogP contribution in [0.15, 0.2) is 53.6 Å². The Hall–Kier alpha value is -2.11. The van der Waals surface area contributed by atoms with E-state index in [4.69, 9.17) is 11.6 Å². The zero-order valence-corrected chi connectivity index (χ0v) is 14.9. The summed E-state index contributed by atoms with van der Waals surface area (Å²) in [5.41, 5.74) is 1.49. The number of aromatic nitrogens is 2. The van der Waals surface area contributed by atoms with Gasteiger partial charge in [0.2, 0.25) is 5.91 Å². The van der Waals surface area contributed by atoms with E-state index in [2.05, 4.69) is 15.3 Å². The molecule has 4 nitrogen and oxygen atoms in total. The Morgan fingerprint density at radius 3 is 2.62 bits per heavy atom. The summed E-state index contributed by atoms with van der Waals surface area (Å²) in [5.74, 6) is 0.573. The first kappa shape index (κ1) is 16.7. The van der Waals surface area contributed by atoms with Gasteiger partial charge in [0.15, 0.2) is 0 Å². The van der Waals surface area contributed by atoms with Crippen LogP contribution < -0.4 is 5.32 Å². The molecule has 0 saturated heterocycles. The minimum absolute atomic E-state index is 0.117. The molecule has 3 rings (SSSR count). The monoisotopic (exact) mass is 357 g/mol. The van der Waals surface area contributed by atoms with E-state index >= 15 is 0 Å². The Morgan fingerprint density at radius 2 is 1.83 bits per heavy atom. The van der Waals surface area contributed by atoms with Crippen molar-refractivity contribution in [1.29, 1.82) is 0 Å². The zero-order chi connectivity index (χ0) is 17.1. The Kier molecular flexibility index (Phi) is 5.02. The highest BCUT2D eigenvalue weighted by atomic mass is 35.5. The number of rotatable bonds is 4. The van der Waals surface area contributed by atoms with Crippen LogP contribution in [0.25, 0.3) is 10.9 Å². The number of amides is 1.